The van der Waals surface area contributed by atoms with Gasteiger partial charge in [0.15, 0.2) is 0 Å². The first kappa shape index (κ1) is 9.81. The average molecular weight is 220 g/mol. The molecule has 0 radical (unpaired) electrons. The molecule has 0 N–H and O–H groups in total. The van der Waals surface area contributed by atoms with Crippen molar-refractivity contribution in [2.24, 2.45) is 0 Å². The summed E-state index contributed by atoms with van der Waals surface area (Å²) < 4.78 is 1.39. The molecule has 1 heterocycles. The van der Waals surface area contributed by atoms with Crippen LogP contribution >= 0.6 is 23.1 Å². The van der Waals surface area contributed by atoms with E-state index in [1.807, 2.05) is 23.1 Å². The number of thiophene rings is 1. The molecule has 1 aromatic carbocycles. The summed E-state index contributed by atoms with van der Waals surface area (Å²) in [7, 11) is 0. The van der Waals surface area contributed by atoms with Crippen molar-refractivity contribution in [3.05, 3.63) is 53.4 Å². The molecule has 0 amide bonds. The normalized spacial score (nSPS) is 12.6. The minimum Gasteiger partial charge on any atom is -0.137 e. The van der Waals surface area contributed by atoms with Gasteiger partial charge in [-0.25, -0.2) is 0 Å². The van der Waals surface area contributed by atoms with Crippen molar-refractivity contribution in [2.45, 2.75) is 16.4 Å². The molecule has 0 spiro atoms. The molecular formula is C12H12S2. The summed E-state index contributed by atoms with van der Waals surface area (Å²) in [5, 5.41) is 2.66. The van der Waals surface area contributed by atoms with Crippen molar-refractivity contribution in [2.75, 3.05) is 0 Å². The zero-order chi connectivity index (χ0) is 9.80. The predicted octanol–water partition coefficient (Wildman–Crippen LogP) is 4.60. The van der Waals surface area contributed by atoms with Crippen LogP contribution in [0.1, 0.15) is 17.7 Å². The molecule has 0 saturated carbocycles. The van der Waals surface area contributed by atoms with Crippen LogP contribution in [0.15, 0.2) is 52.1 Å². The third kappa shape index (κ3) is 2.40. The molecule has 1 aromatic heterocycles. The maximum absolute atomic E-state index is 2.25. The lowest BCUT2D eigenvalue weighted by molar-refractivity contribution is 1.10. The quantitative estimate of drug-likeness (QED) is 0.681. The highest BCUT2D eigenvalue weighted by atomic mass is 32.2. The summed E-state index contributed by atoms with van der Waals surface area (Å²) in [6.07, 6.45) is 0. The van der Waals surface area contributed by atoms with Crippen molar-refractivity contribution < 1.29 is 0 Å². The Hall–Kier alpha value is -0.730. The van der Waals surface area contributed by atoms with Gasteiger partial charge in [-0.2, -0.15) is 0 Å². The highest BCUT2D eigenvalue weighted by Gasteiger charge is 2.06. The molecule has 0 nitrogen and oxygen atoms in total. The van der Waals surface area contributed by atoms with E-state index in [9.17, 15) is 0 Å². The molecule has 0 saturated heterocycles. The average Bonchev–Trinajstić information content (AvgIpc) is 2.72. The molecule has 1 atom stereocenters. The predicted molar refractivity (Wildman–Crippen MR) is 65.0 cm³/mol. The number of benzene rings is 1. The molecular weight excluding hydrogens is 208 g/mol. The number of rotatable bonds is 3. The van der Waals surface area contributed by atoms with Crippen LogP contribution in [0.5, 0.6) is 0 Å². The molecule has 72 valence electrons. The summed E-state index contributed by atoms with van der Waals surface area (Å²) in [6.45, 7) is 2.25. The Labute approximate surface area is 93.0 Å². The molecule has 0 bridgehead atoms. The van der Waals surface area contributed by atoms with Crippen LogP contribution in [0.2, 0.25) is 0 Å². The Kier molecular flexibility index (Phi) is 3.27. The van der Waals surface area contributed by atoms with Crippen molar-refractivity contribution in [3.8, 4) is 0 Å². The van der Waals surface area contributed by atoms with Crippen LogP contribution in [0, 0.1) is 0 Å². The number of hydrogen-bond acceptors (Lipinski definition) is 2. The molecule has 0 aliphatic carbocycles. The Morgan fingerprint density at radius 3 is 2.50 bits per heavy atom. The van der Waals surface area contributed by atoms with E-state index < -0.39 is 0 Å². The molecule has 14 heavy (non-hydrogen) atoms. The van der Waals surface area contributed by atoms with Gasteiger partial charge < -0.3 is 0 Å². The third-order valence-electron chi connectivity index (χ3n) is 2.06. The largest absolute Gasteiger partial charge is 0.137 e. The fraction of sp³-hybridized carbons (Fsp3) is 0.167. The lowest BCUT2D eigenvalue weighted by Gasteiger charge is -2.09. The van der Waals surface area contributed by atoms with Gasteiger partial charge in [0.2, 0.25) is 0 Å². The van der Waals surface area contributed by atoms with Gasteiger partial charge in [0.05, 0.1) is 4.21 Å². The second kappa shape index (κ2) is 4.67. The van der Waals surface area contributed by atoms with E-state index in [2.05, 4.69) is 54.8 Å². The van der Waals surface area contributed by atoms with E-state index in [1.165, 1.54) is 9.77 Å². The summed E-state index contributed by atoms with van der Waals surface area (Å²) in [4.78, 5) is 0. The molecule has 0 fully saturated rings. The lowest BCUT2D eigenvalue weighted by Crippen LogP contribution is -1.85. The van der Waals surface area contributed by atoms with Gasteiger partial charge in [-0.05, 0) is 23.9 Å². The van der Waals surface area contributed by atoms with Gasteiger partial charge >= 0.3 is 0 Å². The SMILES string of the molecule is CC(Sc1cccs1)c1ccccc1. The lowest BCUT2D eigenvalue weighted by atomic mass is 10.2. The smallest absolute Gasteiger partial charge is 0.0604 e. The van der Waals surface area contributed by atoms with E-state index in [1.54, 1.807) is 0 Å². The van der Waals surface area contributed by atoms with Gasteiger partial charge in [0.25, 0.3) is 0 Å². The van der Waals surface area contributed by atoms with E-state index in [-0.39, 0.29) is 0 Å². The Balaban J connectivity index is 2.07. The van der Waals surface area contributed by atoms with Crippen LogP contribution in [0.25, 0.3) is 0 Å². The topological polar surface area (TPSA) is 0 Å². The van der Waals surface area contributed by atoms with E-state index in [0.717, 1.165) is 0 Å². The van der Waals surface area contributed by atoms with Gasteiger partial charge in [-0.3, -0.25) is 0 Å². The van der Waals surface area contributed by atoms with Crippen LogP contribution < -0.4 is 0 Å². The Morgan fingerprint density at radius 1 is 1.07 bits per heavy atom. The Morgan fingerprint density at radius 2 is 1.86 bits per heavy atom. The maximum atomic E-state index is 2.25. The molecule has 1 unspecified atom stereocenters. The van der Waals surface area contributed by atoms with Crippen molar-refractivity contribution in [1.29, 1.82) is 0 Å². The van der Waals surface area contributed by atoms with Crippen LogP contribution in [0.3, 0.4) is 0 Å². The number of hydrogen-bond donors (Lipinski definition) is 0. The van der Waals surface area contributed by atoms with E-state index in [0.29, 0.717) is 5.25 Å². The fourth-order valence-electron chi connectivity index (χ4n) is 1.30. The third-order valence-corrected chi connectivity index (χ3v) is 4.29. The summed E-state index contributed by atoms with van der Waals surface area (Å²) in [5.41, 5.74) is 1.39. The maximum Gasteiger partial charge on any atom is 0.0604 e. The van der Waals surface area contributed by atoms with Crippen molar-refractivity contribution in [3.63, 3.8) is 0 Å². The minimum absolute atomic E-state index is 0.537. The standard InChI is InChI=1S/C12H12S2/c1-10(11-6-3-2-4-7-11)14-12-8-5-9-13-12/h2-10H,1H3. The summed E-state index contributed by atoms with van der Waals surface area (Å²) in [5.74, 6) is 0. The van der Waals surface area contributed by atoms with Gasteiger partial charge in [-0.1, -0.05) is 36.4 Å². The highest BCUT2D eigenvalue weighted by molar-refractivity contribution is 8.01. The van der Waals surface area contributed by atoms with E-state index in [4.69, 9.17) is 0 Å². The second-order valence-electron chi connectivity index (χ2n) is 3.10. The van der Waals surface area contributed by atoms with Gasteiger partial charge in [-0.15, -0.1) is 23.1 Å². The summed E-state index contributed by atoms with van der Waals surface area (Å²) in [6, 6.07) is 14.9. The van der Waals surface area contributed by atoms with Gasteiger partial charge in [0.1, 0.15) is 0 Å². The van der Waals surface area contributed by atoms with Crippen molar-refractivity contribution in [1.82, 2.24) is 0 Å². The molecule has 2 heteroatoms. The van der Waals surface area contributed by atoms with Crippen LogP contribution in [0.4, 0.5) is 0 Å². The first-order valence-corrected chi connectivity index (χ1v) is 6.37. The first-order chi connectivity index (χ1) is 6.86. The van der Waals surface area contributed by atoms with Crippen molar-refractivity contribution >= 4 is 23.1 Å². The highest BCUT2D eigenvalue weighted by Crippen LogP contribution is 2.36. The zero-order valence-electron chi connectivity index (χ0n) is 8.01. The van der Waals surface area contributed by atoms with Crippen LogP contribution in [-0.2, 0) is 0 Å². The second-order valence-corrected chi connectivity index (χ2v) is 5.69. The summed E-state index contributed by atoms with van der Waals surface area (Å²) >= 11 is 3.73. The van der Waals surface area contributed by atoms with Gasteiger partial charge in [0, 0.05) is 5.25 Å². The monoisotopic (exact) mass is 220 g/mol. The molecule has 0 aliphatic heterocycles. The first-order valence-electron chi connectivity index (χ1n) is 4.61. The Bertz CT molecular complexity index is 364. The van der Waals surface area contributed by atoms with E-state index >= 15 is 0 Å². The molecule has 2 aromatic rings. The molecule has 2 rings (SSSR count). The fourth-order valence-corrected chi connectivity index (χ4v) is 3.37. The minimum atomic E-state index is 0.537. The number of thioether (sulfide) groups is 1. The van der Waals surface area contributed by atoms with Crippen LogP contribution in [-0.4, -0.2) is 0 Å². The zero-order valence-corrected chi connectivity index (χ0v) is 9.65. The molecule has 0 aliphatic rings.